The molecule has 9 heteroatoms. The molecule has 4 nitrogen and oxygen atoms in total. The van der Waals surface area contributed by atoms with Crippen LogP contribution in [0.15, 0.2) is 48.5 Å². The van der Waals surface area contributed by atoms with Gasteiger partial charge in [0.15, 0.2) is 0 Å². The Morgan fingerprint density at radius 2 is 1.69 bits per heavy atom. The maximum absolute atomic E-state index is 14.0. The van der Waals surface area contributed by atoms with Crippen LogP contribution < -0.4 is 10.6 Å². The van der Waals surface area contributed by atoms with Gasteiger partial charge in [-0.15, -0.1) is 0 Å². The van der Waals surface area contributed by atoms with E-state index >= 15 is 0 Å². The molecule has 0 atom stereocenters. The molecule has 3 aromatic rings. The first-order chi connectivity index (χ1) is 15.2. The van der Waals surface area contributed by atoms with Crippen molar-refractivity contribution in [3.63, 3.8) is 0 Å². The van der Waals surface area contributed by atoms with Crippen molar-refractivity contribution in [3.8, 4) is 0 Å². The Kier molecular flexibility index (Phi) is 6.24. The standard InChI is InChI=1S/C23H20ClF4N3O/c24-16-5-3-6-17(25)21(16)22(32)30-14-10-8-13(9-11-14)29-19-12-20(23(26,27)28)31-18-7-2-1-4-15(18)19/h1-7,12-14H,8-11H2,(H,29,31)(H,30,32)/t13-,14+. The minimum absolute atomic E-state index is 0.0443. The first-order valence-electron chi connectivity index (χ1n) is 10.2. The third kappa shape index (κ3) is 4.80. The largest absolute Gasteiger partial charge is 0.433 e. The number of para-hydroxylation sites is 1. The summed E-state index contributed by atoms with van der Waals surface area (Å²) in [5.41, 5.74) is -0.472. The summed E-state index contributed by atoms with van der Waals surface area (Å²) in [4.78, 5) is 16.2. The molecule has 1 heterocycles. The van der Waals surface area contributed by atoms with Crippen molar-refractivity contribution < 1.29 is 22.4 Å². The highest BCUT2D eigenvalue weighted by Gasteiger charge is 2.34. The number of anilines is 1. The van der Waals surface area contributed by atoms with Crippen molar-refractivity contribution in [2.24, 2.45) is 0 Å². The van der Waals surface area contributed by atoms with Gasteiger partial charge < -0.3 is 10.6 Å². The number of nitrogens with zero attached hydrogens (tertiary/aromatic N) is 1. The quantitative estimate of drug-likeness (QED) is 0.451. The average molecular weight is 466 g/mol. The van der Waals surface area contributed by atoms with Crippen LogP contribution in [-0.4, -0.2) is 23.0 Å². The topological polar surface area (TPSA) is 54.0 Å². The molecule has 1 aliphatic carbocycles. The fraction of sp³-hybridized carbons (Fsp3) is 0.304. The highest BCUT2D eigenvalue weighted by molar-refractivity contribution is 6.33. The lowest BCUT2D eigenvalue weighted by atomic mass is 9.90. The number of fused-ring (bicyclic) bond motifs is 1. The van der Waals surface area contributed by atoms with Crippen LogP contribution in [0.1, 0.15) is 41.7 Å². The van der Waals surface area contributed by atoms with E-state index in [-0.39, 0.29) is 28.2 Å². The van der Waals surface area contributed by atoms with Crippen molar-refractivity contribution in [3.05, 3.63) is 70.6 Å². The van der Waals surface area contributed by atoms with Gasteiger partial charge in [-0.1, -0.05) is 35.9 Å². The smallest absolute Gasteiger partial charge is 0.382 e. The number of carbonyl (C=O) groups is 1. The van der Waals surface area contributed by atoms with E-state index in [1.165, 1.54) is 18.2 Å². The summed E-state index contributed by atoms with van der Waals surface area (Å²) in [6.45, 7) is 0. The number of nitrogens with one attached hydrogen (secondary N) is 2. The maximum atomic E-state index is 14.0. The van der Waals surface area contributed by atoms with E-state index in [2.05, 4.69) is 15.6 Å². The molecule has 0 bridgehead atoms. The minimum atomic E-state index is -4.55. The Balaban J connectivity index is 1.43. The van der Waals surface area contributed by atoms with Crippen LogP contribution in [0.4, 0.5) is 23.2 Å². The summed E-state index contributed by atoms with van der Waals surface area (Å²) in [6.07, 6.45) is -2.08. The van der Waals surface area contributed by atoms with Gasteiger partial charge in [0.2, 0.25) is 0 Å². The summed E-state index contributed by atoms with van der Waals surface area (Å²) < 4.78 is 53.8. The molecule has 1 aliphatic rings. The second-order valence-corrected chi connectivity index (χ2v) is 8.24. The SMILES string of the molecule is O=C(N[C@H]1CC[C@@H](Nc2cc(C(F)(F)F)nc3ccccc23)CC1)c1c(F)cccc1Cl. The van der Waals surface area contributed by atoms with Crippen LogP contribution in [0.3, 0.4) is 0 Å². The molecule has 0 spiro atoms. The molecule has 0 radical (unpaired) electrons. The highest BCUT2D eigenvalue weighted by atomic mass is 35.5. The van der Waals surface area contributed by atoms with E-state index in [9.17, 15) is 22.4 Å². The average Bonchev–Trinajstić information content (AvgIpc) is 2.74. The van der Waals surface area contributed by atoms with Crippen molar-refractivity contribution >= 4 is 34.1 Å². The summed E-state index contributed by atoms with van der Waals surface area (Å²) >= 11 is 5.95. The third-order valence-corrected chi connectivity index (χ3v) is 5.93. The Morgan fingerprint density at radius 1 is 1.00 bits per heavy atom. The van der Waals surface area contributed by atoms with Crippen molar-refractivity contribution in [2.75, 3.05) is 5.32 Å². The Morgan fingerprint density at radius 3 is 2.38 bits per heavy atom. The van der Waals surface area contributed by atoms with Gasteiger partial charge in [-0.3, -0.25) is 4.79 Å². The lowest BCUT2D eigenvalue weighted by Gasteiger charge is -2.31. The summed E-state index contributed by atoms with van der Waals surface area (Å²) in [5, 5.41) is 6.70. The Bertz CT molecular complexity index is 1120. The number of halogens is 5. The normalized spacial score (nSPS) is 19.0. The van der Waals surface area contributed by atoms with Gasteiger partial charge in [-0.05, 0) is 49.9 Å². The van der Waals surface area contributed by atoms with Gasteiger partial charge in [-0.25, -0.2) is 9.37 Å². The minimum Gasteiger partial charge on any atom is -0.382 e. The van der Waals surface area contributed by atoms with E-state index in [1.54, 1.807) is 24.3 Å². The zero-order valence-electron chi connectivity index (χ0n) is 16.8. The monoisotopic (exact) mass is 465 g/mol. The maximum Gasteiger partial charge on any atom is 0.433 e. The highest BCUT2D eigenvalue weighted by Crippen LogP contribution is 2.34. The number of alkyl halides is 3. The van der Waals surface area contributed by atoms with Crippen molar-refractivity contribution in [1.82, 2.24) is 10.3 Å². The molecule has 1 amide bonds. The Labute approximate surface area is 187 Å². The van der Waals surface area contributed by atoms with E-state index in [1.807, 2.05) is 0 Å². The van der Waals surface area contributed by atoms with E-state index in [0.29, 0.717) is 36.8 Å². The van der Waals surface area contributed by atoms with E-state index < -0.39 is 23.6 Å². The second-order valence-electron chi connectivity index (χ2n) is 7.83. The molecular formula is C23H20ClF4N3O. The lowest BCUT2D eigenvalue weighted by Crippen LogP contribution is -2.40. The molecule has 32 heavy (non-hydrogen) atoms. The van der Waals surface area contributed by atoms with Crippen LogP contribution in [-0.2, 0) is 6.18 Å². The van der Waals surface area contributed by atoms with Crippen LogP contribution in [0, 0.1) is 5.82 Å². The number of pyridine rings is 1. The molecule has 0 aliphatic heterocycles. The van der Waals surface area contributed by atoms with Gasteiger partial charge in [0.1, 0.15) is 11.5 Å². The number of amides is 1. The third-order valence-electron chi connectivity index (χ3n) is 5.62. The van der Waals surface area contributed by atoms with Gasteiger partial charge >= 0.3 is 6.18 Å². The molecular weight excluding hydrogens is 446 g/mol. The number of hydrogen-bond acceptors (Lipinski definition) is 3. The van der Waals surface area contributed by atoms with Gasteiger partial charge in [0.05, 0.1) is 16.1 Å². The molecule has 1 saturated carbocycles. The van der Waals surface area contributed by atoms with E-state index in [0.717, 1.165) is 6.07 Å². The molecule has 2 N–H and O–H groups in total. The zero-order chi connectivity index (χ0) is 22.9. The lowest BCUT2D eigenvalue weighted by molar-refractivity contribution is -0.140. The number of benzene rings is 2. The predicted octanol–water partition coefficient (Wildman–Crippen LogP) is 6.20. The van der Waals surface area contributed by atoms with Crippen molar-refractivity contribution in [2.45, 2.75) is 43.9 Å². The van der Waals surface area contributed by atoms with Gasteiger partial charge in [0.25, 0.3) is 5.91 Å². The molecule has 0 unspecified atom stereocenters. The van der Waals surface area contributed by atoms with Crippen LogP contribution >= 0.6 is 11.6 Å². The first kappa shape index (κ1) is 22.3. The molecule has 1 aromatic heterocycles. The number of hydrogen-bond donors (Lipinski definition) is 2. The molecule has 168 valence electrons. The number of rotatable bonds is 4. The predicted molar refractivity (Wildman–Crippen MR) is 115 cm³/mol. The van der Waals surface area contributed by atoms with Crippen LogP contribution in [0.5, 0.6) is 0 Å². The Hall–Kier alpha value is -2.87. The zero-order valence-corrected chi connectivity index (χ0v) is 17.6. The van der Waals surface area contributed by atoms with Gasteiger partial charge in [-0.2, -0.15) is 13.2 Å². The molecule has 4 rings (SSSR count). The number of aromatic nitrogens is 1. The van der Waals surface area contributed by atoms with Gasteiger partial charge in [0, 0.05) is 23.2 Å². The molecule has 1 fully saturated rings. The molecule has 0 saturated heterocycles. The van der Waals surface area contributed by atoms with Crippen molar-refractivity contribution in [1.29, 1.82) is 0 Å². The fourth-order valence-electron chi connectivity index (χ4n) is 4.01. The second kappa shape index (κ2) is 8.94. The van der Waals surface area contributed by atoms with Crippen LogP contribution in [0.2, 0.25) is 5.02 Å². The van der Waals surface area contributed by atoms with E-state index in [4.69, 9.17) is 11.6 Å². The van der Waals surface area contributed by atoms with Crippen LogP contribution in [0.25, 0.3) is 10.9 Å². The first-order valence-corrected chi connectivity index (χ1v) is 10.6. The fourth-order valence-corrected chi connectivity index (χ4v) is 4.26. The number of carbonyl (C=O) groups excluding carboxylic acids is 1. The summed E-state index contributed by atoms with van der Waals surface area (Å²) in [5.74, 6) is -1.25. The summed E-state index contributed by atoms with van der Waals surface area (Å²) in [7, 11) is 0. The molecule has 2 aromatic carbocycles. The summed E-state index contributed by atoms with van der Waals surface area (Å²) in [6, 6.07) is 11.5.